The Bertz CT molecular complexity index is 890. The van der Waals surface area contributed by atoms with Crippen LogP contribution >= 0.6 is 27.3 Å². The fourth-order valence-electron chi connectivity index (χ4n) is 2.02. The first kappa shape index (κ1) is 15.6. The first-order chi connectivity index (χ1) is 11.2. The Morgan fingerprint density at radius 1 is 1.13 bits per heavy atom. The number of hydrogen-bond acceptors (Lipinski definition) is 3. The topological polar surface area (TPSA) is 36.7 Å². The molecule has 0 saturated carbocycles. The molecule has 0 spiro atoms. The number of nitrogens with zero attached hydrogens (tertiary/aromatic N) is 2. The molecule has 1 aromatic heterocycles. The second-order valence-corrected chi connectivity index (χ2v) is 6.54. The van der Waals surface area contributed by atoms with Crippen LogP contribution in [0.3, 0.4) is 0 Å². The fraction of sp³-hybridized carbons (Fsp3) is 0. The van der Waals surface area contributed by atoms with E-state index in [1.54, 1.807) is 18.2 Å². The molecule has 23 heavy (non-hydrogen) atoms. The molecule has 2 aromatic carbocycles. The summed E-state index contributed by atoms with van der Waals surface area (Å²) in [5, 5.41) is 11.9. The Balaban J connectivity index is 1.92. The van der Waals surface area contributed by atoms with E-state index in [-0.39, 0.29) is 5.82 Å². The van der Waals surface area contributed by atoms with E-state index in [2.05, 4.69) is 27.0 Å². The highest BCUT2D eigenvalue weighted by atomic mass is 79.9. The van der Waals surface area contributed by atoms with Crippen molar-refractivity contribution in [2.24, 2.45) is 0 Å². The van der Waals surface area contributed by atoms with Gasteiger partial charge in [-0.1, -0.05) is 28.1 Å². The Labute approximate surface area is 145 Å². The van der Waals surface area contributed by atoms with Crippen molar-refractivity contribution >= 4 is 38.9 Å². The maximum atomic E-state index is 13.0. The molecule has 0 radical (unpaired) electrons. The van der Waals surface area contributed by atoms with Crippen LogP contribution in [0.15, 0.2) is 58.4 Å². The van der Waals surface area contributed by atoms with Gasteiger partial charge in [0.25, 0.3) is 0 Å². The third-order valence-electron chi connectivity index (χ3n) is 3.18. The minimum Gasteiger partial charge on any atom is -0.235 e. The van der Waals surface area contributed by atoms with Crippen LogP contribution in [0.25, 0.3) is 22.9 Å². The van der Waals surface area contributed by atoms with Gasteiger partial charge in [0.05, 0.1) is 11.3 Å². The molecule has 5 heteroatoms. The lowest BCUT2D eigenvalue weighted by molar-refractivity contribution is 0.628. The molecule has 1 heterocycles. The van der Waals surface area contributed by atoms with Gasteiger partial charge in [-0.2, -0.15) is 5.26 Å². The largest absolute Gasteiger partial charge is 0.235 e. The lowest BCUT2D eigenvalue weighted by Crippen LogP contribution is -1.83. The van der Waals surface area contributed by atoms with Crippen molar-refractivity contribution in [3.05, 3.63) is 74.8 Å². The molecule has 0 aliphatic heterocycles. The summed E-state index contributed by atoms with van der Waals surface area (Å²) in [5.41, 5.74) is 3.01. The highest BCUT2D eigenvalue weighted by Crippen LogP contribution is 2.27. The van der Waals surface area contributed by atoms with E-state index in [0.717, 1.165) is 21.3 Å². The van der Waals surface area contributed by atoms with Gasteiger partial charge >= 0.3 is 0 Å². The lowest BCUT2D eigenvalue weighted by Gasteiger charge is -1.97. The van der Waals surface area contributed by atoms with Crippen molar-refractivity contribution in [3.63, 3.8) is 0 Å². The highest BCUT2D eigenvalue weighted by molar-refractivity contribution is 9.10. The van der Waals surface area contributed by atoms with Crippen molar-refractivity contribution in [2.75, 3.05) is 0 Å². The van der Waals surface area contributed by atoms with Crippen molar-refractivity contribution in [2.45, 2.75) is 0 Å². The minimum atomic E-state index is -0.281. The molecule has 3 rings (SSSR count). The molecule has 0 bridgehead atoms. The third-order valence-corrected chi connectivity index (χ3v) is 4.58. The fourth-order valence-corrected chi connectivity index (χ4v) is 3.08. The van der Waals surface area contributed by atoms with Gasteiger partial charge in [0.1, 0.15) is 16.9 Å². The van der Waals surface area contributed by atoms with Crippen LogP contribution in [0.2, 0.25) is 0 Å². The van der Waals surface area contributed by atoms with Crippen LogP contribution in [-0.4, -0.2) is 4.98 Å². The van der Waals surface area contributed by atoms with E-state index in [0.29, 0.717) is 10.6 Å². The van der Waals surface area contributed by atoms with Gasteiger partial charge in [-0.25, -0.2) is 9.37 Å². The van der Waals surface area contributed by atoms with E-state index in [4.69, 9.17) is 0 Å². The molecule has 0 saturated heterocycles. The van der Waals surface area contributed by atoms with Gasteiger partial charge in [-0.05, 0) is 48.0 Å². The number of allylic oxidation sites excluding steroid dienone is 1. The number of hydrogen-bond donors (Lipinski definition) is 0. The minimum absolute atomic E-state index is 0.281. The molecule has 0 atom stereocenters. The monoisotopic (exact) mass is 384 g/mol. The van der Waals surface area contributed by atoms with Crippen molar-refractivity contribution in [1.29, 1.82) is 5.26 Å². The maximum absolute atomic E-state index is 13.0. The van der Waals surface area contributed by atoms with E-state index in [9.17, 15) is 9.65 Å². The van der Waals surface area contributed by atoms with Crippen LogP contribution < -0.4 is 0 Å². The third kappa shape index (κ3) is 3.73. The van der Waals surface area contributed by atoms with E-state index in [1.165, 1.54) is 23.5 Å². The Hall–Kier alpha value is -2.29. The standard InChI is InChI=1S/C18H10BrFN2S/c19-15-5-1-12(2-6-15)9-14(10-21)18-22-17(11-23-18)13-3-7-16(20)8-4-13/h1-9,11H. The Kier molecular flexibility index (Phi) is 4.65. The number of aromatic nitrogens is 1. The summed E-state index contributed by atoms with van der Waals surface area (Å²) in [5.74, 6) is -0.281. The van der Waals surface area contributed by atoms with Crippen LogP contribution in [-0.2, 0) is 0 Å². The van der Waals surface area contributed by atoms with Crippen LogP contribution in [0.4, 0.5) is 4.39 Å². The van der Waals surface area contributed by atoms with Gasteiger partial charge in [0, 0.05) is 15.4 Å². The lowest BCUT2D eigenvalue weighted by atomic mass is 10.1. The summed E-state index contributed by atoms with van der Waals surface area (Å²) >= 11 is 4.78. The van der Waals surface area contributed by atoms with Gasteiger partial charge in [0.2, 0.25) is 0 Å². The average molecular weight is 385 g/mol. The number of nitriles is 1. The second-order valence-electron chi connectivity index (χ2n) is 4.77. The van der Waals surface area contributed by atoms with E-state index < -0.39 is 0 Å². The average Bonchev–Trinajstić information content (AvgIpc) is 3.05. The molecular weight excluding hydrogens is 375 g/mol. The molecule has 2 nitrogen and oxygen atoms in total. The maximum Gasteiger partial charge on any atom is 0.134 e. The molecule has 0 unspecified atom stereocenters. The van der Waals surface area contributed by atoms with E-state index >= 15 is 0 Å². The number of halogens is 2. The molecule has 112 valence electrons. The van der Waals surface area contributed by atoms with Crippen molar-refractivity contribution in [3.8, 4) is 17.3 Å². The summed E-state index contributed by atoms with van der Waals surface area (Å²) in [7, 11) is 0. The predicted octanol–water partition coefficient (Wildman–Crippen LogP) is 5.78. The zero-order valence-electron chi connectivity index (χ0n) is 11.8. The summed E-state index contributed by atoms with van der Waals surface area (Å²) in [6.45, 7) is 0. The molecular formula is C18H10BrFN2S. The summed E-state index contributed by atoms with van der Waals surface area (Å²) in [4.78, 5) is 4.49. The Morgan fingerprint density at radius 2 is 1.83 bits per heavy atom. The zero-order valence-corrected chi connectivity index (χ0v) is 14.2. The quantitative estimate of drug-likeness (QED) is 0.536. The number of benzene rings is 2. The van der Waals surface area contributed by atoms with Gasteiger partial charge < -0.3 is 0 Å². The van der Waals surface area contributed by atoms with Crippen molar-refractivity contribution in [1.82, 2.24) is 4.98 Å². The smallest absolute Gasteiger partial charge is 0.134 e. The van der Waals surface area contributed by atoms with Gasteiger partial charge in [-0.3, -0.25) is 0 Å². The SMILES string of the molecule is N#CC(=Cc1ccc(Br)cc1)c1nc(-c2ccc(F)cc2)cs1. The van der Waals surface area contributed by atoms with Crippen LogP contribution in [0, 0.1) is 17.1 Å². The van der Waals surface area contributed by atoms with Gasteiger partial charge in [-0.15, -0.1) is 11.3 Å². The normalized spacial score (nSPS) is 11.3. The predicted molar refractivity (Wildman–Crippen MR) is 95.1 cm³/mol. The Morgan fingerprint density at radius 3 is 2.48 bits per heavy atom. The van der Waals surface area contributed by atoms with Crippen molar-refractivity contribution < 1.29 is 4.39 Å². The molecule has 0 N–H and O–H groups in total. The summed E-state index contributed by atoms with van der Waals surface area (Å²) < 4.78 is 14.0. The zero-order chi connectivity index (χ0) is 16.2. The molecule has 3 aromatic rings. The molecule has 0 aliphatic rings. The number of rotatable bonds is 3. The summed E-state index contributed by atoms with van der Waals surface area (Å²) in [6, 6.07) is 16.1. The first-order valence-electron chi connectivity index (χ1n) is 6.75. The first-order valence-corrected chi connectivity index (χ1v) is 8.42. The number of thiazole rings is 1. The molecule has 0 amide bonds. The van der Waals surface area contributed by atoms with E-state index in [1.807, 2.05) is 29.6 Å². The summed E-state index contributed by atoms with van der Waals surface area (Å²) in [6.07, 6.45) is 1.81. The second kappa shape index (κ2) is 6.86. The van der Waals surface area contributed by atoms with Crippen LogP contribution in [0.1, 0.15) is 10.6 Å². The highest BCUT2D eigenvalue weighted by Gasteiger charge is 2.09. The van der Waals surface area contributed by atoms with Crippen LogP contribution in [0.5, 0.6) is 0 Å². The molecule has 0 fully saturated rings. The van der Waals surface area contributed by atoms with Gasteiger partial charge in [0.15, 0.2) is 0 Å². The molecule has 0 aliphatic carbocycles.